The van der Waals surface area contributed by atoms with Crippen LogP contribution >= 0.6 is 0 Å². The first-order valence-corrected chi connectivity index (χ1v) is 9.44. The van der Waals surface area contributed by atoms with Crippen molar-refractivity contribution in [2.24, 2.45) is 0 Å². The summed E-state index contributed by atoms with van der Waals surface area (Å²) in [6.45, 7) is 5.65. The van der Waals surface area contributed by atoms with Gasteiger partial charge in [-0.3, -0.25) is 14.6 Å². The fourth-order valence-corrected chi connectivity index (χ4v) is 3.84. The molecule has 3 heterocycles. The Morgan fingerprint density at radius 2 is 1.63 bits per heavy atom. The van der Waals surface area contributed by atoms with Crippen LogP contribution in [0.15, 0.2) is 42.6 Å². The lowest BCUT2D eigenvalue weighted by atomic mass is 9.99. The molecule has 0 bridgehead atoms. The molecule has 0 spiro atoms. The lowest BCUT2D eigenvalue weighted by molar-refractivity contribution is -0.130. The summed E-state index contributed by atoms with van der Waals surface area (Å²) in [5.41, 5.74) is 4.25. The van der Waals surface area contributed by atoms with Gasteiger partial charge in [-0.05, 0) is 29.7 Å². The molecule has 2 aliphatic heterocycles. The predicted octanol–water partition coefficient (Wildman–Crippen LogP) is 1.95. The first-order chi connectivity index (χ1) is 13.1. The van der Waals surface area contributed by atoms with E-state index in [1.165, 1.54) is 11.1 Å². The average Bonchev–Trinajstić information content (AvgIpc) is 2.73. The third-order valence-corrected chi connectivity index (χ3v) is 5.47. The standard InChI is InChI=1S/C21H24N4O2/c1-16(26)23-10-12-24(13-11-23)21(27)20-14-19(6-8-22-20)25-9-7-17-4-2-3-5-18(17)15-25/h2-6,8,14H,7,9-13,15H2,1H3. The molecule has 6 heteroatoms. The number of nitrogens with zero attached hydrogens (tertiary/aromatic N) is 4. The summed E-state index contributed by atoms with van der Waals surface area (Å²) in [5, 5.41) is 0. The van der Waals surface area contributed by atoms with Crippen LogP contribution in [0.2, 0.25) is 0 Å². The van der Waals surface area contributed by atoms with E-state index in [2.05, 4.69) is 34.1 Å². The Balaban J connectivity index is 1.47. The maximum Gasteiger partial charge on any atom is 0.272 e. The fourth-order valence-electron chi connectivity index (χ4n) is 3.84. The van der Waals surface area contributed by atoms with E-state index in [0.717, 1.165) is 25.2 Å². The largest absolute Gasteiger partial charge is 0.367 e. The first kappa shape index (κ1) is 17.5. The summed E-state index contributed by atoms with van der Waals surface area (Å²) in [7, 11) is 0. The SMILES string of the molecule is CC(=O)N1CCN(C(=O)c2cc(N3CCc4ccccc4C3)ccn2)CC1. The number of carbonyl (C=O) groups excluding carboxylic acids is 2. The molecular weight excluding hydrogens is 340 g/mol. The van der Waals surface area contributed by atoms with Crippen LogP contribution in [-0.2, 0) is 17.8 Å². The topological polar surface area (TPSA) is 56.8 Å². The monoisotopic (exact) mass is 364 g/mol. The van der Waals surface area contributed by atoms with Crippen LogP contribution in [0.1, 0.15) is 28.5 Å². The number of carbonyl (C=O) groups is 2. The van der Waals surface area contributed by atoms with Crippen LogP contribution in [0.4, 0.5) is 5.69 Å². The number of rotatable bonds is 2. The van der Waals surface area contributed by atoms with E-state index in [9.17, 15) is 9.59 Å². The highest BCUT2D eigenvalue weighted by molar-refractivity contribution is 5.93. The van der Waals surface area contributed by atoms with Crippen molar-refractivity contribution in [3.63, 3.8) is 0 Å². The minimum absolute atomic E-state index is 0.0579. The van der Waals surface area contributed by atoms with E-state index in [1.54, 1.807) is 22.9 Å². The molecule has 2 amide bonds. The van der Waals surface area contributed by atoms with Gasteiger partial charge in [0.25, 0.3) is 5.91 Å². The fraction of sp³-hybridized carbons (Fsp3) is 0.381. The molecular formula is C21H24N4O2. The summed E-state index contributed by atoms with van der Waals surface area (Å²) in [6, 6.07) is 12.4. The molecule has 6 nitrogen and oxygen atoms in total. The van der Waals surface area contributed by atoms with Crippen molar-refractivity contribution in [2.75, 3.05) is 37.6 Å². The number of amides is 2. The lowest BCUT2D eigenvalue weighted by Gasteiger charge is -2.34. The molecule has 0 unspecified atom stereocenters. The summed E-state index contributed by atoms with van der Waals surface area (Å²) < 4.78 is 0. The minimum Gasteiger partial charge on any atom is -0.367 e. The van der Waals surface area contributed by atoms with E-state index in [4.69, 9.17) is 0 Å². The third-order valence-electron chi connectivity index (χ3n) is 5.47. The van der Waals surface area contributed by atoms with Crippen molar-refractivity contribution < 1.29 is 9.59 Å². The molecule has 0 radical (unpaired) electrons. The van der Waals surface area contributed by atoms with E-state index in [0.29, 0.717) is 31.9 Å². The minimum atomic E-state index is -0.0579. The zero-order valence-corrected chi connectivity index (χ0v) is 15.6. The number of piperazine rings is 1. The molecule has 0 aliphatic carbocycles. The van der Waals surface area contributed by atoms with Crippen molar-refractivity contribution >= 4 is 17.5 Å². The van der Waals surface area contributed by atoms with Gasteiger partial charge in [0.15, 0.2) is 0 Å². The number of aromatic nitrogens is 1. The van der Waals surface area contributed by atoms with Gasteiger partial charge in [0, 0.05) is 58.1 Å². The maximum absolute atomic E-state index is 12.9. The van der Waals surface area contributed by atoms with Crippen LogP contribution in [0.5, 0.6) is 0 Å². The Kier molecular flexibility index (Phi) is 4.79. The summed E-state index contributed by atoms with van der Waals surface area (Å²) in [6.07, 6.45) is 2.73. The van der Waals surface area contributed by atoms with Crippen LogP contribution < -0.4 is 4.90 Å². The summed E-state index contributed by atoms with van der Waals surface area (Å²) in [5.74, 6) is 0.00469. The molecule has 27 heavy (non-hydrogen) atoms. The zero-order valence-electron chi connectivity index (χ0n) is 15.6. The van der Waals surface area contributed by atoms with Gasteiger partial charge in [0.2, 0.25) is 5.91 Å². The Hall–Kier alpha value is -2.89. The van der Waals surface area contributed by atoms with Gasteiger partial charge in [-0.1, -0.05) is 24.3 Å². The normalized spacial score (nSPS) is 16.9. The number of hydrogen-bond acceptors (Lipinski definition) is 4. The second-order valence-corrected chi connectivity index (χ2v) is 7.14. The molecule has 2 aromatic rings. The smallest absolute Gasteiger partial charge is 0.272 e. The second-order valence-electron chi connectivity index (χ2n) is 7.14. The number of anilines is 1. The molecule has 2 aliphatic rings. The quantitative estimate of drug-likeness (QED) is 0.817. The van der Waals surface area contributed by atoms with Crippen LogP contribution in [0.25, 0.3) is 0 Å². The molecule has 1 aromatic heterocycles. The van der Waals surface area contributed by atoms with Gasteiger partial charge in [-0.15, -0.1) is 0 Å². The molecule has 0 saturated carbocycles. The van der Waals surface area contributed by atoms with E-state index in [-0.39, 0.29) is 11.8 Å². The van der Waals surface area contributed by atoms with E-state index >= 15 is 0 Å². The Morgan fingerprint density at radius 3 is 2.37 bits per heavy atom. The number of hydrogen-bond donors (Lipinski definition) is 0. The second kappa shape index (κ2) is 7.39. The van der Waals surface area contributed by atoms with Crippen molar-refractivity contribution in [3.05, 3.63) is 59.4 Å². The van der Waals surface area contributed by atoms with Gasteiger partial charge >= 0.3 is 0 Å². The summed E-state index contributed by atoms with van der Waals surface area (Å²) >= 11 is 0. The molecule has 140 valence electrons. The highest BCUT2D eigenvalue weighted by atomic mass is 16.2. The van der Waals surface area contributed by atoms with E-state index < -0.39 is 0 Å². The molecule has 0 atom stereocenters. The van der Waals surface area contributed by atoms with Gasteiger partial charge in [0.1, 0.15) is 5.69 Å². The molecule has 4 rings (SSSR count). The molecule has 1 aromatic carbocycles. The van der Waals surface area contributed by atoms with Crippen molar-refractivity contribution in [2.45, 2.75) is 19.9 Å². The van der Waals surface area contributed by atoms with Crippen molar-refractivity contribution in [1.29, 1.82) is 0 Å². The number of benzene rings is 1. The Morgan fingerprint density at radius 1 is 0.926 bits per heavy atom. The van der Waals surface area contributed by atoms with Gasteiger partial charge in [-0.25, -0.2) is 0 Å². The van der Waals surface area contributed by atoms with Crippen molar-refractivity contribution in [3.8, 4) is 0 Å². The molecule has 1 fully saturated rings. The lowest BCUT2D eigenvalue weighted by Crippen LogP contribution is -2.50. The molecule has 1 saturated heterocycles. The van der Waals surface area contributed by atoms with Gasteiger partial charge in [-0.2, -0.15) is 0 Å². The average molecular weight is 364 g/mol. The zero-order chi connectivity index (χ0) is 18.8. The van der Waals surface area contributed by atoms with Crippen LogP contribution in [0.3, 0.4) is 0 Å². The van der Waals surface area contributed by atoms with Crippen molar-refractivity contribution in [1.82, 2.24) is 14.8 Å². The highest BCUT2D eigenvalue weighted by Gasteiger charge is 2.25. The predicted molar refractivity (Wildman–Crippen MR) is 104 cm³/mol. The van der Waals surface area contributed by atoms with Crippen LogP contribution in [-0.4, -0.2) is 59.3 Å². The Bertz CT molecular complexity index is 859. The maximum atomic E-state index is 12.9. The summed E-state index contributed by atoms with van der Waals surface area (Å²) in [4.78, 5) is 34.5. The number of pyridine rings is 1. The van der Waals surface area contributed by atoms with Gasteiger partial charge < -0.3 is 14.7 Å². The Labute approximate surface area is 159 Å². The first-order valence-electron chi connectivity index (χ1n) is 9.44. The van der Waals surface area contributed by atoms with Crippen LogP contribution in [0, 0.1) is 0 Å². The highest BCUT2D eigenvalue weighted by Crippen LogP contribution is 2.24. The third kappa shape index (κ3) is 3.65. The van der Waals surface area contributed by atoms with E-state index in [1.807, 2.05) is 12.1 Å². The van der Waals surface area contributed by atoms with Gasteiger partial charge in [0.05, 0.1) is 0 Å². The molecule has 0 N–H and O–H groups in total. The number of fused-ring (bicyclic) bond motifs is 1.